The van der Waals surface area contributed by atoms with Gasteiger partial charge >= 0.3 is 5.97 Å². The molecule has 0 fully saturated rings. The Labute approximate surface area is 169 Å². The maximum absolute atomic E-state index is 14.0. The first kappa shape index (κ1) is 20.5. The lowest BCUT2D eigenvalue weighted by molar-refractivity contribution is -0.144. The lowest BCUT2D eigenvalue weighted by atomic mass is 9.86. The van der Waals surface area contributed by atoms with E-state index in [2.05, 4.69) is 11.1 Å². The minimum absolute atomic E-state index is 0.0364. The minimum Gasteiger partial charge on any atom is -0.473 e. The molecule has 0 saturated heterocycles. The maximum Gasteiger partial charge on any atom is 0.306 e. The molecule has 1 atom stereocenters. The van der Waals surface area contributed by atoms with Gasteiger partial charge in [0.1, 0.15) is 12.4 Å². The number of nitrogens with zero attached hydrogens (tertiary/aromatic N) is 2. The molecule has 1 aliphatic carbocycles. The highest BCUT2D eigenvalue weighted by molar-refractivity contribution is 5.70. The summed E-state index contributed by atoms with van der Waals surface area (Å²) in [5, 5.41) is 8.81. The Hall–Kier alpha value is -3.20. The summed E-state index contributed by atoms with van der Waals surface area (Å²) in [7, 11) is 0. The number of carbonyl (C=O) groups excluding carboxylic acids is 1. The number of benzene rings is 1. The molecule has 0 N–H and O–H groups in total. The molecule has 0 amide bonds. The predicted octanol–water partition coefficient (Wildman–Crippen LogP) is 4.81. The SMILES string of the molecule is CCOC(=O)CC1CC=C(c2cccc(OCc3ccc(C#N)cc3F)n2)CC1. The second-order valence-electron chi connectivity index (χ2n) is 6.95. The summed E-state index contributed by atoms with van der Waals surface area (Å²) in [5.41, 5.74) is 2.60. The van der Waals surface area contributed by atoms with Crippen LogP contribution in [0.5, 0.6) is 5.88 Å². The van der Waals surface area contributed by atoms with Gasteiger partial charge in [0.25, 0.3) is 0 Å². The van der Waals surface area contributed by atoms with Crippen LogP contribution in [0.2, 0.25) is 0 Å². The van der Waals surface area contributed by atoms with E-state index in [-0.39, 0.29) is 18.1 Å². The summed E-state index contributed by atoms with van der Waals surface area (Å²) in [5.74, 6) is 0.109. The van der Waals surface area contributed by atoms with Gasteiger partial charge in [-0.3, -0.25) is 4.79 Å². The molecule has 0 saturated carbocycles. The number of hydrogen-bond acceptors (Lipinski definition) is 5. The number of carbonyl (C=O) groups is 1. The molecule has 1 aliphatic rings. The average molecular weight is 394 g/mol. The van der Waals surface area contributed by atoms with Crippen molar-refractivity contribution in [1.82, 2.24) is 4.98 Å². The van der Waals surface area contributed by atoms with Gasteiger partial charge in [0.2, 0.25) is 5.88 Å². The smallest absolute Gasteiger partial charge is 0.306 e. The molecule has 1 heterocycles. The van der Waals surface area contributed by atoms with Crippen molar-refractivity contribution in [2.45, 2.75) is 39.2 Å². The highest BCUT2D eigenvalue weighted by Gasteiger charge is 2.19. The molecule has 29 heavy (non-hydrogen) atoms. The van der Waals surface area contributed by atoms with E-state index in [1.807, 2.05) is 25.1 Å². The van der Waals surface area contributed by atoms with Crippen LogP contribution in [0.15, 0.2) is 42.5 Å². The largest absolute Gasteiger partial charge is 0.473 e. The quantitative estimate of drug-likeness (QED) is 0.630. The van der Waals surface area contributed by atoms with Gasteiger partial charge in [-0.25, -0.2) is 9.37 Å². The van der Waals surface area contributed by atoms with Crippen LogP contribution < -0.4 is 4.74 Å². The number of aromatic nitrogens is 1. The Kier molecular flexibility index (Phi) is 6.96. The molecular weight excluding hydrogens is 371 g/mol. The molecule has 0 radical (unpaired) electrons. The average Bonchev–Trinajstić information content (AvgIpc) is 2.73. The van der Waals surface area contributed by atoms with Crippen LogP contribution in [0.25, 0.3) is 5.57 Å². The molecule has 3 rings (SSSR count). The number of rotatable bonds is 7. The first-order valence-electron chi connectivity index (χ1n) is 9.72. The van der Waals surface area contributed by atoms with Crippen LogP contribution in [-0.4, -0.2) is 17.6 Å². The molecule has 150 valence electrons. The maximum atomic E-state index is 14.0. The number of pyridine rings is 1. The first-order chi connectivity index (χ1) is 14.1. The van der Waals surface area contributed by atoms with Crippen molar-refractivity contribution in [3.8, 4) is 11.9 Å². The van der Waals surface area contributed by atoms with E-state index in [9.17, 15) is 9.18 Å². The Morgan fingerprint density at radius 2 is 2.21 bits per heavy atom. The molecule has 1 unspecified atom stereocenters. The van der Waals surface area contributed by atoms with Crippen molar-refractivity contribution in [1.29, 1.82) is 5.26 Å². The van der Waals surface area contributed by atoms with Crippen LogP contribution in [-0.2, 0) is 16.1 Å². The zero-order chi connectivity index (χ0) is 20.6. The van der Waals surface area contributed by atoms with Gasteiger partial charge in [-0.2, -0.15) is 5.26 Å². The van der Waals surface area contributed by atoms with E-state index in [0.29, 0.717) is 30.4 Å². The Morgan fingerprint density at radius 3 is 2.90 bits per heavy atom. The summed E-state index contributed by atoms with van der Waals surface area (Å²) in [6.45, 7) is 2.26. The fourth-order valence-electron chi connectivity index (χ4n) is 3.32. The van der Waals surface area contributed by atoms with Crippen molar-refractivity contribution in [3.63, 3.8) is 0 Å². The van der Waals surface area contributed by atoms with Crippen molar-refractivity contribution < 1.29 is 18.7 Å². The molecule has 1 aromatic heterocycles. The predicted molar refractivity (Wildman–Crippen MR) is 106 cm³/mol. The fourth-order valence-corrected chi connectivity index (χ4v) is 3.32. The highest BCUT2D eigenvalue weighted by Crippen LogP contribution is 2.32. The van der Waals surface area contributed by atoms with E-state index in [0.717, 1.165) is 30.5 Å². The number of esters is 1. The summed E-state index contributed by atoms with van der Waals surface area (Å²) < 4.78 is 24.7. The third-order valence-corrected chi connectivity index (χ3v) is 4.89. The minimum atomic E-state index is -0.470. The summed E-state index contributed by atoms with van der Waals surface area (Å²) in [6, 6.07) is 11.7. The molecule has 0 spiro atoms. The number of nitriles is 1. The molecule has 5 nitrogen and oxygen atoms in total. The van der Waals surface area contributed by atoms with E-state index < -0.39 is 5.82 Å². The summed E-state index contributed by atoms with van der Waals surface area (Å²) in [6.07, 6.45) is 5.14. The van der Waals surface area contributed by atoms with Gasteiger partial charge in [0.05, 0.1) is 23.9 Å². The number of halogens is 1. The van der Waals surface area contributed by atoms with Gasteiger partial charge in [0.15, 0.2) is 0 Å². The molecule has 1 aromatic carbocycles. The van der Waals surface area contributed by atoms with E-state index in [1.165, 1.54) is 6.07 Å². The topological polar surface area (TPSA) is 72.2 Å². The van der Waals surface area contributed by atoms with Crippen molar-refractivity contribution in [2.24, 2.45) is 5.92 Å². The van der Waals surface area contributed by atoms with Gasteiger partial charge in [-0.05, 0) is 55.9 Å². The van der Waals surface area contributed by atoms with Gasteiger partial charge in [-0.15, -0.1) is 0 Å². The summed E-state index contributed by atoms with van der Waals surface area (Å²) >= 11 is 0. The van der Waals surface area contributed by atoms with E-state index >= 15 is 0 Å². The second-order valence-corrected chi connectivity index (χ2v) is 6.95. The third kappa shape index (κ3) is 5.64. The van der Waals surface area contributed by atoms with Crippen LogP contribution in [0.3, 0.4) is 0 Å². The molecule has 2 aromatic rings. The van der Waals surface area contributed by atoms with Crippen molar-refractivity contribution in [3.05, 3.63) is 65.1 Å². The van der Waals surface area contributed by atoms with Gasteiger partial charge in [-0.1, -0.05) is 18.2 Å². The standard InChI is InChI=1S/C23H23FN2O3/c1-2-28-23(27)13-16-6-9-18(10-7-16)21-4-3-5-22(26-21)29-15-19-11-8-17(14-25)12-20(19)24/h3-5,8-9,11-12,16H,2,6-7,10,13,15H2,1H3. The van der Waals surface area contributed by atoms with E-state index in [4.69, 9.17) is 14.7 Å². The molecule has 0 bridgehead atoms. The normalized spacial score (nSPS) is 15.9. The Morgan fingerprint density at radius 1 is 1.34 bits per heavy atom. The second kappa shape index (κ2) is 9.83. The molecule has 6 heteroatoms. The summed E-state index contributed by atoms with van der Waals surface area (Å²) in [4.78, 5) is 16.2. The monoisotopic (exact) mass is 394 g/mol. The van der Waals surface area contributed by atoms with E-state index in [1.54, 1.807) is 18.2 Å². The molecular formula is C23H23FN2O3. The van der Waals surface area contributed by atoms with Crippen LogP contribution in [0.1, 0.15) is 49.4 Å². The van der Waals surface area contributed by atoms with Crippen LogP contribution in [0, 0.1) is 23.1 Å². The first-order valence-corrected chi connectivity index (χ1v) is 9.72. The van der Waals surface area contributed by atoms with Crippen molar-refractivity contribution in [2.75, 3.05) is 6.61 Å². The number of ether oxygens (including phenoxy) is 2. The Balaban J connectivity index is 1.61. The lowest BCUT2D eigenvalue weighted by Gasteiger charge is -2.21. The van der Waals surface area contributed by atoms with Crippen LogP contribution >= 0.6 is 0 Å². The zero-order valence-corrected chi connectivity index (χ0v) is 16.4. The lowest BCUT2D eigenvalue weighted by Crippen LogP contribution is -2.14. The Bertz CT molecular complexity index is 949. The third-order valence-electron chi connectivity index (χ3n) is 4.89. The molecule has 0 aliphatic heterocycles. The van der Waals surface area contributed by atoms with Gasteiger partial charge < -0.3 is 9.47 Å². The number of allylic oxidation sites excluding steroid dienone is 2. The van der Waals surface area contributed by atoms with Crippen LogP contribution in [0.4, 0.5) is 4.39 Å². The van der Waals surface area contributed by atoms with Crippen molar-refractivity contribution >= 4 is 11.5 Å². The fraction of sp³-hybridized carbons (Fsp3) is 0.348. The van der Waals surface area contributed by atoms with Gasteiger partial charge in [0, 0.05) is 18.1 Å². The zero-order valence-electron chi connectivity index (χ0n) is 16.4. The number of hydrogen-bond donors (Lipinski definition) is 0. The highest BCUT2D eigenvalue weighted by atomic mass is 19.1.